The highest BCUT2D eigenvalue weighted by molar-refractivity contribution is 6.42. The van der Waals surface area contributed by atoms with Crippen molar-refractivity contribution in [1.29, 1.82) is 0 Å². The molecule has 0 spiro atoms. The molecular weight excluding hydrogens is 391 g/mol. The van der Waals surface area contributed by atoms with E-state index in [4.69, 9.17) is 27.9 Å². The lowest BCUT2D eigenvalue weighted by Gasteiger charge is -2.15. The van der Waals surface area contributed by atoms with Gasteiger partial charge >= 0.3 is 5.97 Å². The standard InChI is InChI=1S/C19H16Cl2N2O4/c20-15-8-3-12(10-16(15)21)19(26)22-11-18(25)27-14-6-4-13(5-7-14)23-9-1-2-17(23)24/h3-8,10H,1-2,9,11H2,(H,22,26). The summed E-state index contributed by atoms with van der Waals surface area (Å²) in [5, 5.41) is 3.05. The Labute approximate surface area is 166 Å². The predicted octanol–water partition coefficient (Wildman–Crippen LogP) is 3.46. The maximum Gasteiger partial charge on any atom is 0.330 e. The number of halogens is 2. The van der Waals surface area contributed by atoms with Crippen LogP contribution in [0.1, 0.15) is 23.2 Å². The molecule has 3 rings (SSSR count). The molecule has 1 N–H and O–H groups in total. The average Bonchev–Trinajstić information content (AvgIpc) is 3.08. The topological polar surface area (TPSA) is 75.7 Å². The number of anilines is 1. The van der Waals surface area contributed by atoms with Crippen LogP contribution in [0.25, 0.3) is 0 Å². The second kappa shape index (κ2) is 8.41. The lowest BCUT2D eigenvalue weighted by atomic mass is 10.2. The van der Waals surface area contributed by atoms with E-state index in [1.807, 2.05) is 0 Å². The van der Waals surface area contributed by atoms with Crippen LogP contribution in [-0.2, 0) is 9.59 Å². The summed E-state index contributed by atoms with van der Waals surface area (Å²) in [4.78, 5) is 37.4. The monoisotopic (exact) mass is 406 g/mol. The SMILES string of the molecule is O=C(CNC(=O)c1ccc(Cl)c(Cl)c1)Oc1ccc(N2CCCC2=O)cc1. The molecule has 27 heavy (non-hydrogen) atoms. The Kier molecular flexibility index (Phi) is 5.98. The van der Waals surface area contributed by atoms with E-state index in [-0.39, 0.29) is 23.0 Å². The molecule has 1 aliphatic rings. The minimum absolute atomic E-state index is 0.0877. The third-order valence-electron chi connectivity index (χ3n) is 4.03. The summed E-state index contributed by atoms with van der Waals surface area (Å²) in [6.07, 6.45) is 1.39. The molecule has 2 aromatic rings. The van der Waals surface area contributed by atoms with Gasteiger partial charge in [-0.25, -0.2) is 4.79 Å². The molecule has 8 heteroatoms. The molecule has 1 aliphatic heterocycles. The average molecular weight is 407 g/mol. The molecule has 0 radical (unpaired) electrons. The van der Waals surface area contributed by atoms with E-state index >= 15 is 0 Å². The van der Waals surface area contributed by atoms with E-state index in [9.17, 15) is 14.4 Å². The fraction of sp³-hybridized carbons (Fsp3) is 0.211. The highest BCUT2D eigenvalue weighted by atomic mass is 35.5. The summed E-state index contributed by atoms with van der Waals surface area (Å²) >= 11 is 11.7. The Morgan fingerprint density at radius 3 is 2.44 bits per heavy atom. The molecule has 0 unspecified atom stereocenters. The first-order chi connectivity index (χ1) is 12.9. The smallest absolute Gasteiger partial charge is 0.330 e. The van der Waals surface area contributed by atoms with E-state index in [0.29, 0.717) is 23.7 Å². The van der Waals surface area contributed by atoms with Gasteiger partial charge in [0, 0.05) is 24.2 Å². The number of esters is 1. The Balaban J connectivity index is 1.52. The van der Waals surface area contributed by atoms with Crippen LogP contribution in [0.15, 0.2) is 42.5 Å². The normalized spacial score (nSPS) is 13.6. The predicted molar refractivity (Wildman–Crippen MR) is 102 cm³/mol. The van der Waals surface area contributed by atoms with Crippen molar-refractivity contribution in [1.82, 2.24) is 5.32 Å². The molecule has 6 nitrogen and oxygen atoms in total. The van der Waals surface area contributed by atoms with Crippen molar-refractivity contribution in [2.45, 2.75) is 12.8 Å². The van der Waals surface area contributed by atoms with Crippen LogP contribution in [0.2, 0.25) is 10.0 Å². The van der Waals surface area contributed by atoms with Gasteiger partial charge < -0.3 is 15.0 Å². The zero-order valence-electron chi connectivity index (χ0n) is 14.2. The second-order valence-corrected chi connectivity index (χ2v) is 6.74. The number of amides is 2. The molecule has 2 aromatic carbocycles. The van der Waals surface area contributed by atoms with Gasteiger partial charge in [0.15, 0.2) is 0 Å². The number of benzene rings is 2. The van der Waals surface area contributed by atoms with Gasteiger partial charge in [-0.2, -0.15) is 0 Å². The van der Waals surface area contributed by atoms with Gasteiger partial charge in [0.05, 0.1) is 10.0 Å². The Bertz CT molecular complexity index is 884. The van der Waals surface area contributed by atoms with E-state index in [0.717, 1.165) is 12.1 Å². The zero-order chi connectivity index (χ0) is 19.4. The first-order valence-corrected chi connectivity index (χ1v) is 9.04. The molecule has 0 saturated carbocycles. The minimum Gasteiger partial charge on any atom is -0.425 e. The maximum atomic E-state index is 12.0. The molecule has 0 aromatic heterocycles. The van der Waals surface area contributed by atoms with Gasteiger partial charge in [-0.3, -0.25) is 9.59 Å². The Morgan fingerprint density at radius 2 is 1.81 bits per heavy atom. The molecule has 0 bridgehead atoms. The van der Waals surface area contributed by atoms with E-state index in [2.05, 4.69) is 5.32 Å². The summed E-state index contributed by atoms with van der Waals surface area (Å²) in [5.74, 6) is -0.661. The Hall–Kier alpha value is -2.57. The van der Waals surface area contributed by atoms with Crippen molar-refractivity contribution in [3.05, 3.63) is 58.1 Å². The number of carbonyl (C=O) groups excluding carboxylic acids is 3. The number of hydrogen-bond donors (Lipinski definition) is 1. The molecule has 0 atom stereocenters. The number of ether oxygens (including phenoxy) is 1. The van der Waals surface area contributed by atoms with Crippen molar-refractivity contribution < 1.29 is 19.1 Å². The van der Waals surface area contributed by atoms with Gasteiger partial charge in [-0.05, 0) is 48.9 Å². The van der Waals surface area contributed by atoms with E-state index < -0.39 is 11.9 Å². The first-order valence-electron chi connectivity index (χ1n) is 8.28. The zero-order valence-corrected chi connectivity index (χ0v) is 15.7. The number of nitrogens with one attached hydrogen (secondary N) is 1. The first kappa shape index (κ1) is 19.2. The molecule has 1 saturated heterocycles. The number of hydrogen-bond acceptors (Lipinski definition) is 4. The van der Waals surface area contributed by atoms with Gasteiger partial charge in [0.1, 0.15) is 12.3 Å². The summed E-state index contributed by atoms with van der Waals surface area (Å²) in [7, 11) is 0. The summed E-state index contributed by atoms with van der Waals surface area (Å²) in [5.41, 5.74) is 1.06. The maximum absolute atomic E-state index is 12.0. The van der Waals surface area contributed by atoms with E-state index in [1.54, 1.807) is 29.2 Å². The lowest BCUT2D eigenvalue weighted by Crippen LogP contribution is -2.31. The third-order valence-corrected chi connectivity index (χ3v) is 4.77. The van der Waals surface area contributed by atoms with Gasteiger partial charge in [-0.1, -0.05) is 23.2 Å². The summed E-state index contributed by atoms with van der Waals surface area (Å²) in [6.45, 7) is 0.393. The second-order valence-electron chi connectivity index (χ2n) is 5.93. The van der Waals surface area contributed by atoms with Gasteiger partial charge in [0.2, 0.25) is 5.91 Å². The molecule has 1 heterocycles. The van der Waals surface area contributed by atoms with Gasteiger partial charge in [0.25, 0.3) is 5.91 Å². The van der Waals surface area contributed by atoms with Crippen LogP contribution in [0.4, 0.5) is 5.69 Å². The molecule has 0 aliphatic carbocycles. The quantitative estimate of drug-likeness (QED) is 0.609. The molecule has 140 valence electrons. The molecular formula is C19H16Cl2N2O4. The number of nitrogens with zero attached hydrogens (tertiary/aromatic N) is 1. The molecule has 1 fully saturated rings. The molecule has 2 amide bonds. The van der Waals surface area contributed by atoms with Crippen molar-refractivity contribution in [2.24, 2.45) is 0 Å². The van der Waals surface area contributed by atoms with E-state index in [1.165, 1.54) is 18.2 Å². The van der Waals surface area contributed by atoms with Gasteiger partial charge in [-0.15, -0.1) is 0 Å². The van der Waals surface area contributed by atoms with Crippen molar-refractivity contribution in [3.8, 4) is 5.75 Å². The third kappa shape index (κ3) is 4.78. The highest BCUT2D eigenvalue weighted by Crippen LogP contribution is 2.24. The van der Waals surface area contributed by atoms with Crippen molar-refractivity contribution in [2.75, 3.05) is 18.0 Å². The fourth-order valence-electron chi connectivity index (χ4n) is 2.67. The highest BCUT2D eigenvalue weighted by Gasteiger charge is 2.21. The number of rotatable bonds is 5. The largest absolute Gasteiger partial charge is 0.425 e. The minimum atomic E-state index is -0.617. The fourth-order valence-corrected chi connectivity index (χ4v) is 2.97. The summed E-state index contributed by atoms with van der Waals surface area (Å²) < 4.78 is 5.18. The number of carbonyl (C=O) groups is 3. The van der Waals surface area contributed by atoms with Crippen LogP contribution in [0.3, 0.4) is 0 Å². The van der Waals surface area contributed by atoms with Crippen molar-refractivity contribution in [3.63, 3.8) is 0 Å². The van der Waals surface area contributed by atoms with Crippen LogP contribution >= 0.6 is 23.2 Å². The lowest BCUT2D eigenvalue weighted by molar-refractivity contribution is -0.133. The van der Waals surface area contributed by atoms with Crippen LogP contribution in [0, 0.1) is 0 Å². The Morgan fingerprint density at radius 1 is 1.07 bits per heavy atom. The van der Waals surface area contributed by atoms with Crippen molar-refractivity contribution >= 4 is 46.7 Å². The van der Waals surface area contributed by atoms with Crippen LogP contribution < -0.4 is 15.0 Å². The van der Waals surface area contributed by atoms with Crippen LogP contribution in [-0.4, -0.2) is 30.9 Å². The van der Waals surface area contributed by atoms with Crippen LogP contribution in [0.5, 0.6) is 5.75 Å². The summed E-state index contributed by atoms with van der Waals surface area (Å²) in [6, 6.07) is 11.1.